The number of aryl methyl sites for hydroxylation is 1. The number of carbonyl (C=O) groups is 2. The van der Waals surface area contributed by atoms with Crippen LogP contribution >= 0.6 is 0 Å². The molecule has 2 aromatic carbocycles. The van der Waals surface area contributed by atoms with E-state index >= 15 is 0 Å². The highest BCUT2D eigenvalue weighted by Gasteiger charge is 2.35. The van der Waals surface area contributed by atoms with E-state index in [1.165, 1.54) is 7.11 Å². The van der Waals surface area contributed by atoms with Gasteiger partial charge in [-0.05, 0) is 55.5 Å². The van der Waals surface area contributed by atoms with Crippen molar-refractivity contribution in [2.24, 2.45) is 5.92 Å². The molecule has 1 heterocycles. The lowest BCUT2D eigenvalue weighted by Crippen LogP contribution is -2.36. The second kappa shape index (κ2) is 7.54. The van der Waals surface area contributed by atoms with Crippen molar-refractivity contribution in [1.29, 1.82) is 0 Å². The Bertz CT molecular complexity index is 921. The van der Waals surface area contributed by atoms with Crippen molar-refractivity contribution in [3.8, 4) is 11.5 Å². The number of fused-ring (bicyclic) bond motifs is 1. The third-order valence-corrected chi connectivity index (χ3v) is 5.31. The lowest BCUT2D eigenvalue weighted by molar-refractivity contribution is -0.119. The summed E-state index contributed by atoms with van der Waals surface area (Å²) in [7, 11) is 3.09. The molecule has 1 fully saturated rings. The zero-order valence-electron chi connectivity index (χ0n) is 16.2. The first kappa shape index (κ1) is 18.3. The molecular formula is C22H24N2O4. The maximum absolute atomic E-state index is 12.8. The van der Waals surface area contributed by atoms with Crippen molar-refractivity contribution in [2.45, 2.75) is 25.7 Å². The summed E-state index contributed by atoms with van der Waals surface area (Å²) in [4.78, 5) is 27.3. The molecule has 0 bridgehead atoms. The van der Waals surface area contributed by atoms with Gasteiger partial charge in [0.2, 0.25) is 5.91 Å². The van der Waals surface area contributed by atoms with Crippen LogP contribution in [0.3, 0.4) is 0 Å². The number of ether oxygens (including phenoxy) is 2. The molecular weight excluding hydrogens is 356 g/mol. The minimum atomic E-state index is -0.268. The molecule has 6 nitrogen and oxygen atoms in total. The molecule has 1 aliphatic carbocycles. The first-order chi connectivity index (χ1) is 13.6. The molecule has 0 spiro atoms. The highest BCUT2D eigenvalue weighted by molar-refractivity contribution is 6.07. The number of carbonyl (C=O) groups excluding carboxylic acids is 2. The number of amides is 2. The summed E-state index contributed by atoms with van der Waals surface area (Å²) in [6.07, 6.45) is 3.89. The van der Waals surface area contributed by atoms with Crippen LogP contribution in [0.4, 0.5) is 11.4 Å². The Hall–Kier alpha value is -3.02. The lowest BCUT2D eigenvalue weighted by Gasteiger charge is -2.30. The maximum Gasteiger partial charge on any atom is 0.259 e. The van der Waals surface area contributed by atoms with E-state index < -0.39 is 0 Å². The van der Waals surface area contributed by atoms with Gasteiger partial charge in [0.25, 0.3) is 5.91 Å². The van der Waals surface area contributed by atoms with Crippen molar-refractivity contribution in [3.05, 3.63) is 47.5 Å². The molecule has 0 saturated heterocycles. The van der Waals surface area contributed by atoms with Gasteiger partial charge in [0, 0.05) is 29.9 Å². The van der Waals surface area contributed by atoms with Crippen LogP contribution in [0, 0.1) is 5.92 Å². The van der Waals surface area contributed by atoms with Crippen LogP contribution < -0.4 is 19.7 Å². The van der Waals surface area contributed by atoms with Crippen molar-refractivity contribution in [3.63, 3.8) is 0 Å². The van der Waals surface area contributed by atoms with Gasteiger partial charge in [0.1, 0.15) is 11.5 Å². The van der Waals surface area contributed by atoms with Crippen LogP contribution in [0.2, 0.25) is 0 Å². The summed E-state index contributed by atoms with van der Waals surface area (Å²) in [5, 5.41) is 2.93. The van der Waals surface area contributed by atoms with Crippen LogP contribution in [0.25, 0.3) is 0 Å². The van der Waals surface area contributed by atoms with Crippen molar-refractivity contribution in [1.82, 2.24) is 0 Å². The molecule has 146 valence electrons. The van der Waals surface area contributed by atoms with E-state index in [1.54, 1.807) is 25.3 Å². The molecule has 28 heavy (non-hydrogen) atoms. The van der Waals surface area contributed by atoms with Gasteiger partial charge in [-0.1, -0.05) is 6.07 Å². The molecule has 1 aliphatic heterocycles. The predicted octanol–water partition coefficient (Wildman–Crippen LogP) is 3.65. The fourth-order valence-electron chi connectivity index (χ4n) is 3.62. The summed E-state index contributed by atoms with van der Waals surface area (Å²) in [6, 6.07) is 10.9. The Labute approximate surface area is 164 Å². The quantitative estimate of drug-likeness (QED) is 0.860. The number of nitrogens with one attached hydrogen (secondary N) is 1. The molecule has 1 saturated carbocycles. The van der Waals surface area contributed by atoms with Gasteiger partial charge in [-0.3, -0.25) is 9.59 Å². The number of hydrogen-bond acceptors (Lipinski definition) is 4. The standard InChI is InChI=1S/C22H24N2O4/c1-27-17-9-10-18(20(13-17)28-2)21(25)23-16-8-7-14-4-3-11-24(19(14)12-16)22(26)15-5-6-15/h7-10,12-13,15H,3-6,11H2,1-2H3,(H,23,25). The molecule has 0 unspecified atom stereocenters. The van der Waals surface area contributed by atoms with Crippen LogP contribution in [-0.4, -0.2) is 32.6 Å². The number of anilines is 2. The minimum absolute atomic E-state index is 0.174. The zero-order valence-corrected chi connectivity index (χ0v) is 16.2. The highest BCUT2D eigenvalue weighted by Crippen LogP contribution is 2.37. The van der Waals surface area contributed by atoms with Crippen LogP contribution in [0.1, 0.15) is 35.2 Å². The Balaban J connectivity index is 1.58. The van der Waals surface area contributed by atoms with Crippen molar-refractivity contribution < 1.29 is 19.1 Å². The molecule has 1 N–H and O–H groups in total. The first-order valence-electron chi connectivity index (χ1n) is 9.58. The number of nitrogens with zero attached hydrogens (tertiary/aromatic N) is 1. The smallest absolute Gasteiger partial charge is 0.259 e. The number of methoxy groups -OCH3 is 2. The van der Waals surface area contributed by atoms with E-state index in [4.69, 9.17) is 9.47 Å². The van der Waals surface area contributed by atoms with Gasteiger partial charge < -0.3 is 19.7 Å². The van der Waals surface area contributed by atoms with E-state index in [0.717, 1.165) is 43.5 Å². The summed E-state index contributed by atoms with van der Waals surface area (Å²) in [6.45, 7) is 0.742. The summed E-state index contributed by atoms with van der Waals surface area (Å²) < 4.78 is 10.5. The molecule has 6 heteroatoms. The molecule has 4 rings (SSSR count). The van der Waals surface area contributed by atoms with Gasteiger partial charge >= 0.3 is 0 Å². The largest absolute Gasteiger partial charge is 0.497 e. The second-order valence-electron chi connectivity index (χ2n) is 7.23. The maximum atomic E-state index is 12.8. The molecule has 2 amide bonds. The monoisotopic (exact) mass is 380 g/mol. The van der Waals surface area contributed by atoms with Gasteiger partial charge in [-0.25, -0.2) is 0 Å². The first-order valence-corrected chi connectivity index (χ1v) is 9.58. The number of hydrogen-bond donors (Lipinski definition) is 1. The fraction of sp³-hybridized carbons (Fsp3) is 0.364. The number of benzene rings is 2. The van der Waals surface area contributed by atoms with Gasteiger partial charge in [-0.2, -0.15) is 0 Å². The third kappa shape index (κ3) is 3.54. The summed E-state index contributed by atoms with van der Waals surface area (Å²) in [5.41, 5.74) is 3.16. The highest BCUT2D eigenvalue weighted by atomic mass is 16.5. The molecule has 0 atom stereocenters. The average Bonchev–Trinajstić information content (AvgIpc) is 3.57. The van der Waals surface area contributed by atoms with E-state index in [9.17, 15) is 9.59 Å². The molecule has 2 aromatic rings. The van der Waals surface area contributed by atoms with E-state index in [0.29, 0.717) is 22.7 Å². The van der Waals surface area contributed by atoms with E-state index in [1.807, 2.05) is 23.1 Å². The zero-order chi connectivity index (χ0) is 19.7. The minimum Gasteiger partial charge on any atom is -0.497 e. The fourth-order valence-corrected chi connectivity index (χ4v) is 3.62. The van der Waals surface area contributed by atoms with Crippen molar-refractivity contribution in [2.75, 3.05) is 31.0 Å². The Kier molecular flexibility index (Phi) is 4.94. The van der Waals surface area contributed by atoms with Crippen molar-refractivity contribution >= 4 is 23.2 Å². The van der Waals surface area contributed by atoms with Gasteiger partial charge in [-0.15, -0.1) is 0 Å². The summed E-state index contributed by atoms with van der Waals surface area (Å²) in [5.74, 6) is 1.18. The average molecular weight is 380 g/mol. The van der Waals surface area contributed by atoms with E-state index in [2.05, 4.69) is 5.32 Å². The Morgan fingerprint density at radius 1 is 1.07 bits per heavy atom. The lowest BCUT2D eigenvalue weighted by atomic mass is 10.0. The summed E-state index contributed by atoms with van der Waals surface area (Å²) >= 11 is 0. The van der Waals surface area contributed by atoms with Crippen LogP contribution in [0.5, 0.6) is 11.5 Å². The van der Waals surface area contributed by atoms with E-state index in [-0.39, 0.29) is 17.7 Å². The molecule has 0 aromatic heterocycles. The Morgan fingerprint density at radius 2 is 1.89 bits per heavy atom. The van der Waals surface area contributed by atoms with Crippen LogP contribution in [-0.2, 0) is 11.2 Å². The van der Waals surface area contributed by atoms with Crippen LogP contribution in [0.15, 0.2) is 36.4 Å². The molecule has 0 radical (unpaired) electrons. The second-order valence-corrected chi connectivity index (χ2v) is 7.23. The topological polar surface area (TPSA) is 67.9 Å². The third-order valence-electron chi connectivity index (χ3n) is 5.31. The Morgan fingerprint density at radius 3 is 2.61 bits per heavy atom. The van der Waals surface area contributed by atoms with Gasteiger partial charge in [0.05, 0.1) is 19.8 Å². The SMILES string of the molecule is COc1ccc(C(=O)Nc2ccc3c(c2)N(C(=O)C2CC2)CCC3)c(OC)c1. The normalized spacial score (nSPS) is 15.6. The number of rotatable bonds is 5. The van der Waals surface area contributed by atoms with Gasteiger partial charge in [0.15, 0.2) is 0 Å². The predicted molar refractivity (Wildman–Crippen MR) is 107 cm³/mol. The molecule has 2 aliphatic rings.